The zero-order valence-electron chi connectivity index (χ0n) is 7.50. The number of esters is 1. The Morgan fingerprint density at radius 2 is 2.08 bits per heavy atom. The lowest BCUT2D eigenvalue weighted by Gasteiger charge is -2.03. The molecule has 0 bridgehead atoms. The Hall–Kier alpha value is -0.543. The second-order valence-electron chi connectivity index (χ2n) is 2.80. The molecule has 0 aliphatic rings. The number of ether oxygens (including phenoxy) is 1. The molecule has 0 unspecified atom stereocenters. The molecule has 2 nitrogen and oxygen atoms in total. The normalized spacial score (nSPS) is 12.7. The van der Waals surface area contributed by atoms with Crippen molar-refractivity contribution < 1.29 is 9.53 Å². The fourth-order valence-electron chi connectivity index (χ4n) is 0.441. The highest BCUT2D eigenvalue weighted by Gasteiger charge is 2.11. The number of hydrogen-bond acceptors (Lipinski definition) is 2. The number of carbonyl (C=O) groups excluding carboxylic acids is 1. The van der Waals surface area contributed by atoms with Crippen LogP contribution in [0.2, 0.25) is 13.1 Å². The topological polar surface area (TPSA) is 26.3 Å². The summed E-state index contributed by atoms with van der Waals surface area (Å²) in [6, 6.07) is 0. The van der Waals surface area contributed by atoms with Crippen LogP contribution in [-0.2, 0) is 9.53 Å². The molecule has 0 aromatic heterocycles. The first-order valence-electron chi connectivity index (χ1n) is 3.65. The monoisotopic (exact) mass is 204 g/mol. The van der Waals surface area contributed by atoms with Crippen molar-refractivity contribution in [2.24, 2.45) is 0 Å². The molecule has 0 N–H and O–H groups in total. The van der Waals surface area contributed by atoms with Crippen LogP contribution in [0.3, 0.4) is 0 Å². The maximum absolute atomic E-state index is 10.9. The lowest BCUT2D eigenvalue weighted by atomic mass is 10.6. The number of halogens is 1. The van der Waals surface area contributed by atoms with E-state index in [0.717, 1.165) is 0 Å². The van der Waals surface area contributed by atoms with Crippen LogP contribution in [0.5, 0.6) is 0 Å². The van der Waals surface area contributed by atoms with Crippen molar-refractivity contribution in [2.75, 3.05) is 0 Å². The smallest absolute Gasteiger partial charge is 0.334 e. The molecule has 0 aliphatic carbocycles. The van der Waals surface area contributed by atoms with Gasteiger partial charge in [-0.05, 0) is 6.92 Å². The molecular weight excluding hydrogens is 192 g/mol. The van der Waals surface area contributed by atoms with E-state index in [1.54, 1.807) is 18.7 Å². The van der Waals surface area contributed by atoms with Crippen LogP contribution in [-0.4, -0.2) is 13.4 Å². The van der Waals surface area contributed by atoms with Gasteiger partial charge in [0.05, 0.1) is 6.26 Å². The number of allylic oxidation sites excluding steroid dienone is 1. The zero-order chi connectivity index (χ0) is 9.61. The van der Waals surface area contributed by atoms with Gasteiger partial charge < -0.3 is 4.74 Å². The van der Waals surface area contributed by atoms with Crippen LogP contribution in [0, 0.1) is 0 Å². The molecule has 0 amide bonds. The Morgan fingerprint density at radius 1 is 1.50 bits per heavy atom. The zero-order valence-corrected chi connectivity index (χ0v) is 9.26. The third-order valence-corrected chi connectivity index (χ3v) is 2.27. The van der Waals surface area contributed by atoms with Gasteiger partial charge in [0.15, 0.2) is 7.38 Å². The van der Waals surface area contributed by atoms with Gasteiger partial charge in [0.1, 0.15) is 0 Å². The van der Waals surface area contributed by atoms with Gasteiger partial charge in [0.2, 0.25) is 0 Å². The van der Waals surface area contributed by atoms with Crippen LogP contribution in [0.15, 0.2) is 24.1 Å². The van der Waals surface area contributed by atoms with Crippen LogP contribution < -0.4 is 0 Å². The molecule has 0 saturated carbocycles. The second kappa shape index (κ2) is 5.16. The first-order valence-corrected chi connectivity index (χ1v) is 7.74. The molecule has 0 aliphatic heterocycles. The molecule has 0 fully saturated rings. The Kier molecular flexibility index (Phi) is 4.93. The Bertz CT molecular complexity index is 204. The third kappa shape index (κ3) is 7.56. The quantitative estimate of drug-likeness (QED) is 0.232. The fourth-order valence-corrected chi connectivity index (χ4v) is 1.16. The summed E-state index contributed by atoms with van der Waals surface area (Å²) in [5.74, 6) is -0.380. The summed E-state index contributed by atoms with van der Waals surface area (Å²) < 4.78 is 4.64. The summed E-state index contributed by atoms with van der Waals surface area (Å²) in [6.45, 7) is 5.62. The number of hydrogen-bond donors (Lipinski definition) is 0. The second-order valence-corrected chi connectivity index (χ2v) is 9.19. The lowest BCUT2D eigenvalue weighted by Crippen LogP contribution is -2.12. The molecule has 0 radical (unpaired) electrons. The van der Waals surface area contributed by atoms with Gasteiger partial charge in [0.25, 0.3) is 0 Å². The fraction of sp³-hybridized carbons (Fsp3) is 0.375. The van der Waals surface area contributed by atoms with Crippen molar-refractivity contribution in [3.63, 3.8) is 0 Å². The minimum Gasteiger partial charge on any atom is -0.432 e. The maximum atomic E-state index is 10.9. The van der Waals surface area contributed by atoms with E-state index in [9.17, 15) is 4.79 Å². The maximum Gasteiger partial charge on any atom is 0.334 e. The van der Waals surface area contributed by atoms with E-state index in [1.807, 2.05) is 13.1 Å². The molecule has 4 heteroatoms. The molecule has 0 rings (SSSR count). The van der Waals surface area contributed by atoms with Crippen molar-refractivity contribution in [1.29, 1.82) is 0 Å². The highest BCUT2D eigenvalue weighted by Crippen LogP contribution is 2.08. The molecule has 0 spiro atoms. The van der Waals surface area contributed by atoms with Crippen molar-refractivity contribution in [1.82, 2.24) is 0 Å². The van der Waals surface area contributed by atoms with Gasteiger partial charge >= 0.3 is 5.97 Å². The minimum atomic E-state index is -1.79. The first kappa shape index (κ1) is 11.5. The molecule has 12 heavy (non-hydrogen) atoms. The third-order valence-electron chi connectivity index (χ3n) is 0.936. The molecule has 0 saturated heterocycles. The summed E-state index contributed by atoms with van der Waals surface area (Å²) in [7, 11) is -1.79. The predicted molar refractivity (Wildman–Crippen MR) is 53.4 cm³/mol. The van der Waals surface area contributed by atoms with E-state index in [1.165, 1.54) is 12.3 Å². The minimum absolute atomic E-state index is 0.380. The average Bonchev–Trinajstić information content (AvgIpc) is 1.95. The standard InChI is InChI=1S/C8H13ClO2Si/c1-4-6-11-8(10)5-7-12(2,3)9/h4-7H,1-3H3. The number of rotatable bonds is 3. The Labute approximate surface area is 78.6 Å². The molecular formula is C8H13ClO2Si. The van der Waals surface area contributed by atoms with Crippen molar-refractivity contribution >= 4 is 24.4 Å². The van der Waals surface area contributed by atoms with Crippen LogP contribution >= 0.6 is 11.1 Å². The molecule has 0 aromatic rings. The summed E-state index contributed by atoms with van der Waals surface area (Å²) >= 11 is 5.94. The summed E-state index contributed by atoms with van der Waals surface area (Å²) in [4.78, 5) is 10.9. The number of carbonyl (C=O) groups is 1. The van der Waals surface area contributed by atoms with Crippen LogP contribution in [0.25, 0.3) is 0 Å². The van der Waals surface area contributed by atoms with E-state index < -0.39 is 7.38 Å². The SMILES string of the molecule is CC=COC(=O)C=C[Si](C)(C)Cl. The van der Waals surface area contributed by atoms with Crippen LogP contribution in [0.1, 0.15) is 6.92 Å². The van der Waals surface area contributed by atoms with Gasteiger partial charge in [-0.25, -0.2) is 4.79 Å². The van der Waals surface area contributed by atoms with E-state index in [-0.39, 0.29) is 5.97 Å². The summed E-state index contributed by atoms with van der Waals surface area (Å²) in [5, 5.41) is 0. The van der Waals surface area contributed by atoms with E-state index >= 15 is 0 Å². The lowest BCUT2D eigenvalue weighted by molar-refractivity contribution is -0.132. The largest absolute Gasteiger partial charge is 0.432 e. The van der Waals surface area contributed by atoms with Gasteiger partial charge in [-0.3, -0.25) is 0 Å². The molecule has 0 heterocycles. The highest BCUT2D eigenvalue weighted by atomic mass is 35.6. The van der Waals surface area contributed by atoms with Crippen molar-refractivity contribution in [3.05, 3.63) is 24.1 Å². The van der Waals surface area contributed by atoms with Gasteiger partial charge in [0, 0.05) is 6.08 Å². The van der Waals surface area contributed by atoms with Crippen LogP contribution in [0.4, 0.5) is 0 Å². The van der Waals surface area contributed by atoms with E-state index in [2.05, 4.69) is 4.74 Å². The van der Waals surface area contributed by atoms with Gasteiger partial charge in [-0.1, -0.05) is 24.9 Å². The van der Waals surface area contributed by atoms with Gasteiger partial charge in [-0.15, -0.1) is 0 Å². The summed E-state index contributed by atoms with van der Waals surface area (Å²) in [5.41, 5.74) is 1.72. The predicted octanol–water partition coefficient (Wildman–Crippen LogP) is 2.60. The molecule has 68 valence electrons. The van der Waals surface area contributed by atoms with E-state index in [4.69, 9.17) is 11.1 Å². The van der Waals surface area contributed by atoms with E-state index in [0.29, 0.717) is 0 Å². The first-order chi connectivity index (χ1) is 5.45. The summed E-state index contributed by atoms with van der Waals surface area (Å²) in [6.07, 6.45) is 4.36. The highest BCUT2D eigenvalue weighted by molar-refractivity contribution is 7.21. The van der Waals surface area contributed by atoms with Crippen molar-refractivity contribution in [2.45, 2.75) is 20.0 Å². The van der Waals surface area contributed by atoms with Gasteiger partial charge in [-0.2, -0.15) is 11.1 Å². The molecule has 0 aromatic carbocycles. The Morgan fingerprint density at radius 3 is 2.50 bits per heavy atom. The van der Waals surface area contributed by atoms with Crippen molar-refractivity contribution in [3.8, 4) is 0 Å². The Balaban J connectivity index is 3.92. The average molecular weight is 205 g/mol. The molecule has 0 atom stereocenters.